The van der Waals surface area contributed by atoms with Crippen LogP contribution in [0.2, 0.25) is 5.02 Å². The van der Waals surface area contributed by atoms with Gasteiger partial charge in [0.25, 0.3) is 5.91 Å². The van der Waals surface area contributed by atoms with Crippen LogP contribution in [0.4, 0.5) is 5.69 Å². The first-order chi connectivity index (χ1) is 13.5. The van der Waals surface area contributed by atoms with Crippen molar-refractivity contribution in [2.24, 2.45) is 5.92 Å². The topological polar surface area (TPSA) is 38.3 Å². The highest BCUT2D eigenvalue weighted by atomic mass is 35.5. The summed E-state index contributed by atoms with van der Waals surface area (Å²) in [5.41, 5.74) is 3.65. The van der Waals surface area contributed by atoms with Crippen LogP contribution in [0.1, 0.15) is 39.7 Å². The van der Waals surface area contributed by atoms with Crippen LogP contribution in [0, 0.1) is 12.8 Å². The van der Waals surface area contributed by atoms with Crippen LogP contribution in [0.3, 0.4) is 0 Å². The summed E-state index contributed by atoms with van der Waals surface area (Å²) in [5, 5.41) is 5.53. The molecular weight excluding hydrogens is 390 g/mol. The highest BCUT2D eigenvalue weighted by molar-refractivity contribution is 7.10. The van der Waals surface area contributed by atoms with Gasteiger partial charge < -0.3 is 10.1 Å². The Hall–Kier alpha value is -2.30. The van der Waals surface area contributed by atoms with Gasteiger partial charge in [0.1, 0.15) is 5.75 Å². The van der Waals surface area contributed by atoms with Crippen LogP contribution in [-0.2, 0) is 12.8 Å². The number of nitrogens with one attached hydrogen (secondary N) is 1. The fraction of sp³-hybridized carbons (Fsp3) is 0.261. The Kier molecular flexibility index (Phi) is 5.42. The third-order valence-corrected chi connectivity index (χ3v) is 6.34. The van der Waals surface area contributed by atoms with E-state index in [0.29, 0.717) is 22.4 Å². The van der Waals surface area contributed by atoms with Gasteiger partial charge in [0.15, 0.2) is 5.75 Å². The normalized spacial score (nSPS) is 15.8. The maximum Gasteiger partial charge on any atom is 0.256 e. The largest absolute Gasteiger partial charge is 0.455 e. The second-order valence-corrected chi connectivity index (χ2v) is 8.81. The lowest BCUT2D eigenvalue weighted by atomic mass is 9.88. The second kappa shape index (κ2) is 7.98. The third-order valence-electron chi connectivity index (χ3n) is 5.05. The molecule has 5 heteroatoms. The number of halogens is 1. The number of thiophene rings is 1. The van der Waals surface area contributed by atoms with Gasteiger partial charge in [-0.3, -0.25) is 4.79 Å². The first-order valence-electron chi connectivity index (χ1n) is 9.44. The molecule has 3 aromatic rings. The van der Waals surface area contributed by atoms with E-state index in [9.17, 15) is 4.79 Å². The van der Waals surface area contributed by atoms with Gasteiger partial charge in [-0.25, -0.2) is 0 Å². The van der Waals surface area contributed by atoms with Crippen LogP contribution in [0.15, 0.2) is 47.8 Å². The molecule has 3 nitrogen and oxygen atoms in total. The summed E-state index contributed by atoms with van der Waals surface area (Å²) in [4.78, 5) is 14.3. The Morgan fingerprint density at radius 2 is 2.11 bits per heavy atom. The standard InChI is InChI=1S/C23H22ClNO2S/c1-14-4-3-5-17(10-14)27-21-9-7-16(24)12-20(21)25-23(26)19-13-28-22-11-15(2)6-8-18(19)22/h3-5,7,9-10,12-13,15H,6,8,11H2,1-2H3,(H,25,26). The lowest BCUT2D eigenvalue weighted by molar-refractivity contribution is 0.102. The molecule has 0 saturated carbocycles. The van der Waals surface area contributed by atoms with Crippen molar-refractivity contribution in [1.82, 2.24) is 0 Å². The zero-order valence-corrected chi connectivity index (χ0v) is 17.5. The number of benzene rings is 2. The number of ether oxygens (including phenoxy) is 1. The van der Waals surface area contributed by atoms with Crippen LogP contribution in [-0.4, -0.2) is 5.91 Å². The Morgan fingerprint density at radius 3 is 2.93 bits per heavy atom. The van der Waals surface area contributed by atoms with Crippen molar-refractivity contribution in [2.45, 2.75) is 33.1 Å². The predicted octanol–water partition coefficient (Wildman–Crippen LogP) is 6.88. The molecule has 0 saturated heterocycles. The fourth-order valence-corrected chi connectivity index (χ4v) is 4.97. The maximum atomic E-state index is 13.0. The molecule has 4 rings (SSSR count). The van der Waals surface area contributed by atoms with Crippen LogP contribution in [0.5, 0.6) is 11.5 Å². The molecule has 0 bridgehead atoms. The molecule has 0 spiro atoms. The third kappa shape index (κ3) is 4.08. The summed E-state index contributed by atoms with van der Waals surface area (Å²) in [7, 11) is 0. The van der Waals surface area contributed by atoms with Gasteiger partial charge in [0.05, 0.1) is 11.3 Å². The quantitative estimate of drug-likeness (QED) is 0.508. The molecule has 1 amide bonds. The zero-order valence-electron chi connectivity index (χ0n) is 15.9. The van der Waals surface area contributed by atoms with Gasteiger partial charge in [-0.2, -0.15) is 0 Å². The van der Waals surface area contributed by atoms with E-state index in [1.165, 1.54) is 10.4 Å². The number of carbonyl (C=O) groups is 1. The zero-order chi connectivity index (χ0) is 19.7. The van der Waals surface area contributed by atoms with E-state index < -0.39 is 0 Å². The SMILES string of the molecule is Cc1cccc(Oc2ccc(Cl)cc2NC(=O)c2csc3c2CCC(C)C3)c1. The number of carbonyl (C=O) groups excluding carboxylic acids is 1. The monoisotopic (exact) mass is 411 g/mol. The first kappa shape index (κ1) is 19.0. The van der Waals surface area contributed by atoms with E-state index in [0.717, 1.165) is 36.1 Å². The number of aryl methyl sites for hydroxylation is 1. The van der Waals surface area contributed by atoms with Gasteiger partial charge in [-0.1, -0.05) is 30.7 Å². The lowest BCUT2D eigenvalue weighted by Crippen LogP contribution is -2.16. The van der Waals surface area contributed by atoms with Crippen molar-refractivity contribution >= 4 is 34.5 Å². The average Bonchev–Trinajstić information content (AvgIpc) is 3.07. The van der Waals surface area contributed by atoms with Gasteiger partial charge in [-0.15, -0.1) is 11.3 Å². The summed E-state index contributed by atoms with van der Waals surface area (Å²) in [5.74, 6) is 1.87. The van der Waals surface area contributed by atoms with Crippen molar-refractivity contribution in [3.8, 4) is 11.5 Å². The minimum Gasteiger partial charge on any atom is -0.455 e. The van der Waals surface area contributed by atoms with Crippen molar-refractivity contribution in [3.63, 3.8) is 0 Å². The molecule has 0 aliphatic heterocycles. The minimum atomic E-state index is -0.108. The van der Waals surface area contributed by atoms with Crippen LogP contribution in [0.25, 0.3) is 0 Å². The smallest absolute Gasteiger partial charge is 0.256 e. The summed E-state index contributed by atoms with van der Waals surface area (Å²) < 4.78 is 6.02. The number of hydrogen-bond donors (Lipinski definition) is 1. The summed E-state index contributed by atoms with van der Waals surface area (Å²) in [6, 6.07) is 13.1. The van der Waals surface area contributed by atoms with Crippen LogP contribution < -0.4 is 10.1 Å². The van der Waals surface area contributed by atoms with Gasteiger partial charge in [-0.05, 0) is 73.6 Å². The van der Waals surface area contributed by atoms with Crippen LogP contribution >= 0.6 is 22.9 Å². The van der Waals surface area contributed by atoms with Gasteiger partial charge in [0, 0.05) is 15.3 Å². The minimum absolute atomic E-state index is 0.108. The van der Waals surface area contributed by atoms with Crippen molar-refractivity contribution in [1.29, 1.82) is 0 Å². The van der Waals surface area contributed by atoms with Gasteiger partial charge in [0.2, 0.25) is 0 Å². The molecule has 1 aromatic heterocycles. The summed E-state index contributed by atoms with van der Waals surface area (Å²) in [6.07, 6.45) is 3.15. The Bertz CT molecular complexity index is 1030. The fourth-order valence-electron chi connectivity index (χ4n) is 3.55. The average molecular weight is 412 g/mol. The molecule has 1 aliphatic carbocycles. The maximum absolute atomic E-state index is 13.0. The molecule has 0 fully saturated rings. The van der Waals surface area contributed by atoms with Crippen molar-refractivity contribution in [2.75, 3.05) is 5.32 Å². The lowest BCUT2D eigenvalue weighted by Gasteiger charge is -2.19. The summed E-state index contributed by atoms with van der Waals surface area (Å²) >= 11 is 7.87. The van der Waals surface area contributed by atoms with Crippen molar-refractivity contribution < 1.29 is 9.53 Å². The Labute approximate surface area is 174 Å². The second-order valence-electron chi connectivity index (χ2n) is 7.41. The highest BCUT2D eigenvalue weighted by Gasteiger charge is 2.23. The molecule has 144 valence electrons. The number of hydrogen-bond acceptors (Lipinski definition) is 3. The van der Waals surface area contributed by atoms with E-state index in [-0.39, 0.29) is 5.91 Å². The molecule has 1 unspecified atom stereocenters. The molecule has 1 aliphatic rings. The Morgan fingerprint density at radius 1 is 1.25 bits per heavy atom. The van der Waals surface area contributed by atoms with E-state index in [1.807, 2.05) is 36.6 Å². The Balaban J connectivity index is 1.59. The van der Waals surface area contributed by atoms with E-state index in [4.69, 9.17) is 16.3 Å². The number of anilines is 1. The molecule has 0 radical (unpaired) electrons. The summed E-state index contributed by atoms with van der Waals surface area (Å²) in [6.45, 7) is 4.28. The molecule has 1 atom stereocenters. The molecule has 1 heterocycles. The number of amides is 1. The molecular formula is C23H22ClNO2S. The predicted molar refractivity (Wildman–Crippen MR) is 116 cm³/mol. The van der Waals surface area contributed by atoms with Gasteiger partial charge >= 0.3 is 0 Å². The van der Waals surface area contributed by atoms with E-state index in [2.05, 4.69) is 12.2 Å². The first-order valence-corrected chi connectivity index (χ1v) is 10.7. The van der Waals surface area contributed by atoms with Crippen molar-refractivity contribution in [3.05, 3.63) is 74.4 Å². The molecule has 1 N–H and O–H groups in total. The molecule has 2 aromatic carbocycles. The number of fused-ring (bicyclic) bond motifs is 1. The molecule has 28 heavy (non-hydrogen) atoms. The highest BCUT2D eigenvalue weighted by Crippen LogP contribution is 2.35. The van der Waals surface area contributed by atoms with E-state index >= 15 is 0 Å². The van der Waals surface area contributed by atoms with E-state index in [1.54, 1.807) is 29.5 Å². The number of rotatable bonds is 4.